The molecule has 0 bridgehead atoms. The van der Waals surface area contributed by atoms with Gasteiger partial charge in [-0.15, -0.1) is 0 Å². The van der Waals surface area contributed by atoms with Crippen molar-refractivity contribution in [1.29, 1.82) is 0 Å². The minimum Gasteiger partial charge on any atom is -0.451 e. The summed E-state index contributed by atoms with van der Waals surface area (Å²) in [5.74, 6) is -2.61. The summed E-state index contributed by atoms with van der Waals surface area (Å²) in [4.78, 5) is 33.9. The highest BCUT2D eigenvalue weighted by Gasteiger charge is 2.37. The van der Waals surface area contributed by atoms with Crippen LogP contribution in [-0.4, -0.2) is 24.2 Å². The summed E-state index contributed by atoms with van der Waals surface area (Å²) in [6, 6.07) is 1.29. The van der Waals surface area contributed by atoms with E-state index in [1.165, 1.54) is 19.9 Å². The molecule has 3 N–H and O–H groups in total. The molecule has 0 saturated heterocycles. The van der Waals surface area contributed by atoms with Crippen molar-refractivity contribution in [2.45, 2.75) is 19.6 Å². The Morgan fingerprint density at radius 2 is 2.05 bits per heavy atom. The Hall–Kier alpha value is -2.51. The summed E-state index contributed by atoms with van der Waals surface area (Å²) < 4.78 is 15.1. The number of hydrogen-bond acceptors (Lipinski definition) is 7. The lowest BCUT2D eigenvalue weighted by molar-refractivity contribution is -0.128. The lowest BCUT2D eigenvalue weighted by atomic mass is 10.2. The number of cyclic esters (lactones) is 1. The monoisotopic (exact) mass is 268 g/mol. The van der Waals surface area contributed by atoms with Crippen LogP contribution < -0.4 is 21.4 Å². The van der Waals surface area contributed by atoms with Gasteiger partial charge in [0.25, 0.3) is 0 Å². The molecule has 0 radical (unpaired) electrons. The molecule has 8 nitrogen and oxygen atoms in total. The Morgan fingerprint density at radius 3 is 2.68 bits per heavy atom. The number of carbonyl (C=O) groups excluding carboxylic acids is 2. The first kappa shape index (κ1) is 12.9. The van der Waals surface area contributed by atoms with Crippen molar-refractivity contribution in [3.63, 3.8) is 0 Å². The number of primary amides is 1. The van der Waals surface area contributed by atoms with Gasteiger partial charge >= 0.3 is 11.6 Å². The zero-order valence-electron chi connectivity index (χ0n) is 10.3. The molecule has 0 spiro atoms. The zero-order chi connectivity index (χ0) is 14.2. The lowest BCUT2D eigenvalue weighted by Gasteiger charge is -2.30. The number of esters is 1. The van der Waals surface area contributed by atoms with Crippen LogP contribution in [0.4, 0.5) is 5.88 Å². The van der Waals surface area contributed by atoms with Gasteiger partial charge in [-0.1, -0.05) is 0 Å². The molecular weight excluding hydrogens is 256 g/mol. The maximum absolute atomic E-state index is 11.6. The first-order valence-corrected chi connectivity index (χ1v) is 5.41. The van der Waals surface area contributed by atoms with Gasteiger partial charge in [-0.3, -0.25) is 4.79 Å². The number of nitrogens with two attached hydrogens (primary N) is 1. The van der Waals surface area contributed by atoms with Crippen LogP contribution >= 0.6 is 0 Å². The van der Waals surface area contributed by atoms with Gasteiger partial charge in [0, 0.05) is 19.9 Å². The highest BCUT2D eigenvalue weighted by atomic mass is 16.7. The summed E-state index contributed by atoms with van der Waals surface area (Å²) in [5, 5.41) is 2.50. The average Bonchev–Trinajstić information content (AvgIpc) is 2.23. The Labute approximate surface area is 107 Å². The first-order valence-electron chi connectivity index (χ1n) is 5.41. The van der Waals surface area contributed by atoms with E-state index in [1.54, 1.807) is 0 Å². The topological polar surface area (TPSA) is 121 Å². The average molecular weight is 268 g/mol. The normalized spacial score (nSPS) is 16.0. The Morgan fingerprint density at radius 1 is 1.37 bits per heavy atom. The molecule has 1 amide bonds. The fourth-order valence-corrected chi connectivity index (χ4v) is 1.56. The van der Waals surface area contributed by atoms with Crippen molar-refractivity contribution in [2.24, 2.45) is 5.73 Å². The van der Waals surface area contributed by atoms with E-state index in [0.717, 1.165) is 0 Å². The third-order valence-corrected chi connectivity index (χ3v) is 2.25. The van der Waals surface area contributed by atoms with Crippen LogP contribution in [0.15, 0.2) is 15.3 Å². The number of rotatable bonds is 3. The fourth-order valence-electron chi connectivity index (χ4n) is 1.56. The van der Waals surface area contributed by atoms with E-state index in [-0.39, 0.29) is 23.7 Å². The molecule has 1 aliphatic rings. The third kappa shape index (κ3) is 2.67. The number of hydrogen-bond donors (Lipinski definition) is 2. The molecule has 19 heavy (non-hydrogen) atoms. The smallest absolute Gasteiger partial charge is 0.356 e. The maximum Gasteiger partial charge on any atom is 0.356 e. The Balaban J connectivity index is 2.40. The van der Waals surface area contributed by atoms with Crippen molar-refractivity contribution >= 4 is 17.8 Å². The summed E-state index contributed by atoms with van der Waals surface area (Å²) in [7, 11) is 0. The van der Waals surface area contributed by atoms with Crippen molar-refractivity contribution in [3.8, 4) is 5.75 Å². The minimum atomic E-state index is -1.18. The molecule has 2 heterocycles. The van der Waals surface area contributed by atoms with E-state index in [9.17, 15) is 14.4 Å². The first-order chi connectivity index (χ1) is 8.78. The Kier molecular flexibility index (Phi) is 2.93. The molecule has 8 heteroatoms. The quantitative estimate of drug-likeness (QED) is 0.729. The van der Waals surface area contributed by atoms with E-state index in [2.05, 4.69) is 5.32 Å². The van der Waals surface area contributed by atoms with E-state index in [4.69, 9.17) is 19.6 Å². The molecule has 0 fully saturated rings. The molecule has 0 saturated carbocycles. The van der Waals surface area contributed by atoms with Crippen LogP contribution in [0.5, 0.6) is 5.75 Å². The molecule has 0 atom stereocenters. The lowest BCUT2D eigenvalue weighted by Crippen LogP contribution is -2.41. The zero-order valence-corrected chi connectivity index (χ0v) is 10.3. The second-order valence-corrected chi connectivity index (χ2v) is 4.35. The van der Waals surface area contributed by atoms with E-state index in [0.29, 0.717) is 0 Å². The van der Waals surface area contributed by atoms with Crippen molar-refractivity contribution in [2.75, 3.05) is 11.9 Å². The van der Waals surface area contributed by atoms with Gasteiger partial charge in [0.05, 0.1) is 6.54 Å². The van der Waals surface area contributed by atoms with E-state index < -0.39 is 23.3 Å². The third-order valence-electron chi connectivity index (χ3n) is 2.25. The van der Waals surface area contributed by atoms with Crippen LogP contribution in [0.25, 0.3) is 0 Å². The van der Waals surface area contributed by atoms with Gasteiger partial charge in [-0.05, 0) is 0 Å². The number of anilines is 1. The highest BCUT2D eigenvalue weighted by Crippen LogP contribution is 2.30. The summed E-state index contributed by atoms with van der Waals surface area (Å²) in [5.41, 5.74) is 3.73. The van der Waals surface area contributed by atoms with Crippen LogP contribution in [-0.2, 0) is 9.53 Å². The summed E-state index contributed by atoms with van der Waals surface area (Å²) >= 11 is 0. The molecule has 0 aliphatic carbocycles. The number of fused-ring (bicyclic) bond motifs is 1. The van der Waals surface area contributed by atoms with Crippen LogP contribution in [0, 0.1) is 0 Å². The van der Waals surface area contributed by atoms with E-state index in [1.807, 2.05) is 0 Å². The number of amides is 1. The van der Waals surface area contributed by atoms with Gasteiger partial charge in [0.1, 0.15) is 0 Å². The maximum atomic E-state index is 11.6. The van der Waals surface area contributed by atoms with Crippen LogP contribution in [0.1, 0.15) is 24.2 Å². The van der Waals surface area contributed by atoms with E-state index >= 15 is 0 Å². The molecule has 1 aromatic rings. The summed E-state index contributed by atoms with van der Waals surface area (Å²) in [6.45, 7) is 2.84. The fraction of sp³-hybridized carbons (Fsp3) is 0.364. The van der Waals surface area contributed by atoms with Gasteiger partial charge < -0.3 is 24.9 Å². The molecule has 102 valence electrons. The largest absolute Gasteiger partial charge is 0.451 e. The molecule has 0 aromatic carbocycles. The standard InChI is InChI=1S/C11H12N2O6/c1-11(2)18-5-3-7(13-4-6(12)14)17-9(15)8(5)10(16)19-11/h3,13H,4H2,1-2H3,(H2,12,14). The predicted molar refractivity (Wildman–Crippen MR) is 62.8 cm³/mol. The second kappa shape index (κ2) is 4.30. The van der Waals surface area contributed by atoms with Crippen LogP contribution in [0.2, 0.25) is 0 Å². The molecule has 0 unspecified atom stereocenters. The second-order valence-electron chi connectivity index (χ2n) is 4.35. The van der Waals surface area contributed by atoms with Gasteiger partial charge in [-0.2, -0.15) is 0 Å². The van der Waals surface area contributed by atoms with Crippen molar-refractivity contribution in [3.05, 3.63) is 22.0 Å². The Bertz CT molecular complexity index is 604. The number of carbonyl (C=O) groups is 2. The number of ether oxygens (including phenoxy) is 2. The van der Waals surface area contributed by atoms with Crippen molar-refractivity contribution < 1.29 is 23.5 Å². The van der Waals surface area contributed by atoms with Gasteiger partial charge in [0.2, 0.25) is 17.6 Å². The van der Waals surface area contributed by atoms with Crippen molar-refractivity contribution in [1.82, 2.24) is 0 Å². The molecular formula is C11H12N2O6. The SMILES string of the molecule is CC1(C)OC(=O)c2c(cc(NCC(N)=O)oc2=O)O1. The summed E-state index contributed by atoms with van der Waals surface area (Å²) in [6.07, 6.45) is 0. The number of nitrogens with one attached hydrogen (secondary N) is 1. The predicted octanol–water partition coefficient (Wildman–Crippen LogP) is -0.178. The molecule has 2 rings (SSSR count). The minimum absolute atomic E-state index is 0.0203. The van der Waals surface area contributed by atoms with Crippen LogP contribution in [0.3, 0.4) is 0 Å². The van der Waals surface area contributed by atoms with Gasteiger partial charge in [0.15, 0.2) is 11.3 Å². The highest BCUT2D eigenvalue weighted by molar-refractivity contribution is 5.93. The molecule has 1 aromatic heterocycles. The molecule has 1 aliphatic heterocycles. The van der Waals surface area contributed by atoms with Gasteiger partial charge in [-0.25, -0.2) is 9.59 Å².